The summed E-state index contributed by atoms with van der Waals surface area (Å²) < 4.78 is 32.3. The summed E-state index contributed by atoms with van der Waals surface area (Å²) >= 11 is 12.0. The molecule has 1 amide bonds. The molecule has 0 aliphatic carbocycles. The van der Waals surface area contributed by atoms with Crippen molar-refractivity contribution in [3.8, 4) is 0 Å². The van der Waals surface area contributed by atoms with Crippen molar-refractivity contribution in [2.45, 2.75) is 44.4 Å². The van der Waals surface area contributed by atoms with E-state index in [1.54, 1.807) is 13.0 Å². The van der Waals surface area contributed by atoms with Crippen molar-refractivity contribution in [2.75, 3.05) is 18.4 Å². The maximum atomic E-state index is 13.1. The fourth-order valence-electron chi connectivity index (χ4n) is 2.58. The van der Waals surface area contributed by atoms with Crippen LogP contribution in [0.5, 0.6) is 0 Å². The first-order valence-corrected chi connectivity index (χ1v) is 11.1. The van der Waals surface area contributed by atoms with Gasteiger partial charge in [0.2, 0.25) is 15.9 Å². The summed E-state index contributed by atoms with van der Waals surface area (Å²) in [6, 6.07) is 5.77. The van der Waals surface area contributed by atoms with Crippen LogP contribution in [0.2, 0.25) is 10.0 Å². The van der Waals surface area contributed by atoms with E-state index >= 15 is 0 Å². The van der Waals surface area contributed by atoms with Gasteiger partial charge in [0, 0.05) is 17.6 Å². The van der Waals surface area contributed by atoms with Crippen LogP contribution in [0, 0.1) is 6.92 Å². The van der Waals surface area contributed by atoms with E-state index in [0.29, 0.717) is 12.2 Å². The number of hydrogen-bond acceptors (Lipinski definition) is 5. The number of anilines is 1. The van der Waals surface area contributed by atoms with Crippen LogP contribution in [0.15, 0.2) is 33.7 Å². The molecule has 1 aromatic heterocycles. The second-order valence-electron chi connectivity index (χ2n) is 6.34. The fourth-order valence-corrected chi connectivity index (χ4v) is 4.75. The minimum atomic E-state index is -4.01. The molecular weight excluding hydrogens is 425 g/mol. The minimum Gasteiger partial charge on any atom is -0.360 e. The molecule has 0 aliphatic heterocycles. The van der Waals surface area contributed by atoms with E-state index in [1.165, 1.54) is 18.2 Å². The number of hydrogen-bond donors (Lipinski definition) is 1. The highest BCUT2D eigenvalue weighted by Crippen LogP contribution is 2.28. The molecule has 0 bridgehead atoms. The number of halogens is 2. The van der Waals surface area contributed by atoms with Crippen molar-refractivity contribution < 1.29 is 17.7 Å². The summed E-state index contributed by atoms with van der Waals surface area (Å²) in [6.45, 7) is 3.57. The largest absolute Gasteiger partial charge is 0.360 e. The predicted octanol–water partition coefficient (Wildman–Crippen LogP) is 4.50. The van der Waals surface area contributed by atoms with Crippen LogP contribution in [-0.4, -0.2) is 36.9 Å². The fraction of sp³-hybridized carbons (Fsp3) is 0.444. The van der Waals surface area contributed by atoms with E-state index in [9.17, 15) is 13.2 Å². The maximum Gasteiger partial charge on any atom is 0.245 e. The van der Waals surface area contributed by atoms with Crippen LogP contribution in [0.1, 0.15) is 38.4 Å². The van der Waals surface area contributed by atoms with Gasteiger partial charge in [0.1, 0.15) is 10.7 Å². The number of aryl methyl sites for hydroxylation is 1. The van der Waals surface area contributed by atoms with Crippen LogP contribution in [0.25, 0.3) is 0 Å². The molecule has 1 N–H and O–H groups in total. The third kappa shape index (κ3) is 6.20. The number of sulfonamides is 1. The highest BCUT2D eigenvalue weighted by atomic mass is 35.5. The first kappa shape index (κ1) is 22.7. The Morgan fingerprint density at radius 1 is 1.21 bits per heavy atom. The molecule has 0 fully saturated rings. The van der Waals surface area contributed by atoms with Crippen LogP contribution < -0.4 is 5.32 Å². The topological polar surface area (TPSA) is 92.5 Å². The summed E-state index contributed by atoms with van der Waals surface area (Å²) in [5, 5.41) is 6.52. The Balaban J connectivity index is 2.21. The van der Waals surface area contributed by atoms with Crippen molar-refractivity contribution in [2.24, 2.45) is 0 Å². The summed E-state index contributed by atoms with van der Waals surface area (Å²) in [4.78, 5) is 12.3. The zero-order valence-electron chi connectivity index (χ0n) is 15.7. The number of unbranched alkanes of at least 4 members (excludes halogenated alkanes) is 3. The summed E-state index contributed by atoms with van der Waals surface area (Å²) in [5.74, 6) is 0.238. The lowest BCUT2D eigenvalue weighted by atomic mass is 10.2. The summed E-state index contributed by atoms with van der Waals surface area (Å²) in [6.07, 6.45) is 3.48. The number of nitrogens with zero attached hydrogens (tertiary/aromatic N) is 2. The van der Waals surface area contributed by atoms with Crippen molar-refractivity contribution >= 4 is 45.0 Å². The zero-order valence-corrected chi connectivity index (χ0v) is 18.1. The molecule has 0 atom stereocenters. The lowest BCUT2D eigenvalue weighted by molar-refractivity contribution is -0.116. The van der Waals surface area contributed by atoms with Gasteiger partial charge in [-0.15, -0.1) is 0 Å². The smallest absolute Gasteiger partial charge is 0.245 e. The monoisotopic (exact) mass is 447 g/mol. The van der Waals surface area contributed by atoms with Gasteiger partial charge in [-0.05, 0) is 31.5 Å². The minimum absolute atomic E-state index is 0.0514. The average Bonchev–Trinajstić information content (AvgIpc) is 3.04. The Hall–Kier alpha value is -1.61. The first-order chi connectivity index (χ1) is 13.2. The quantitative estimate of drug-likeness (QED) is 0.541. The lowest BCUT2D eigenvalue weighted by Crippen LogP contribution is -2.38. The van der Waals surface area contributed by atoms with E-state index in [4.69, 9.17) is 27.7 Å². The predicted molar refractivity (Wildman–Crippen MR) is 109 cm³/mol. The van der Waals surface area contributed by atoms with E-state index < -0.39 is 15.9 Å². The molecule has 1 aromatic carbocycles. The highest BCUT2D eigenvalue weighted by molar-refractivity contribution is 7.89. The molecular formula is C18H23Cl2N3O4S. The second kappa shape index (κ2) is 10.2. The van der Waals surface area contributed by atoms with Gasteiger partial charge in [0.05, 0.1) is 11.6 Å². The molecule has 0 saturated carbocycles. The third-order valence-electron chi connectivity index (χ3n) is 3.99. The van der Waals surface area contributed by atoms with E-state index in [-0.39, 0.29) is 33.8 Å². The van der Waals surface area contributed by atoms with Crippen LogP contribution >= 0.6 is 23.2 Å². The van der Waals surface area contributed by atoms with Gasteiger partial charge in [-0.1, -0.05) is 54.5 Å². The zero-order chi connectivity index (χ0) is 20.7. The van der Waals surface area contributed by atoms with Crippen LogP contribution in [0.3, 0.4) is 0 Å². The SMILES string of the molecule is CCCCCCN(CC(=O)Nc1cc(C)on1)S(=O)(=O)c1cc(Cl)ccc1Cl. The Kier molecular flexibility index (Phi) is 8.30. The number of rotatable bonds is 10. The van der Waals surface area contributed by atoms with Gasteiger partial charge in [-0.25, -0.2) is 8.42 Å². The number of carbonyl (C=O) groups is 1. The molecule has 7 nitrogen and oxygen atoms in total. The Labute approximate surface area is 175 Å². The number of benzene rings is 1. The van der Waals surface area contributed by atoms with E-state index in [0.717, 1.165) is 23.6 Å². The maximum absolute atomic E-state index is 13.1. The molecule has 2 rings (SSSR count). The molecule has 28 heavy (non-hydrogen) atoms. The first-order valence-electron chi connectivity index (χ1n) is 8.92. The van der Waals surface area contributed by atoms with E-state index in [2.05, 4.69) is 17.4 Å². The van der Waals surface area contributed by atoms with Gasteiger partial charge in [0.15, 0.2) is 5.82 Å². The van der Waals surface area contributed by atoms with Gasteiger partial charge >= 0.3 is 0 Å². The van der Waals surface area contributed by atoms with Crippen LogP contribution in [0.4, 0.5) is 5.82 Å². The van der Waals surface area contributed by atoms with Crippen molar-refractivity contribution in [1.29, 1.82) is 0 Å². The van der Waals surface area contributed by atoms with Gasteiger partial charge in [-0.2, -0.15) is 4.31 Å². The number of nitrogens with one attached hydrogen (secondary N) is 1. The Bertz CT molecular complexity index is 915. The van der Waals surface area contributed by atoms with Gasteiger partial charge in [0.25, 0.3) is 0 Å². The number of carbonyl (C=O) groups excluding carboxylic acids is 1. The van der Waals surface area contributed by atoms with Crippen molar-refractivity contribution in [3.05, 3.63) is 40.1 Å². The molecule has 0 radical (unpaired) electrons. The molecule has 10 heteroatoms. The molecule has 0 spiro atoms. The van der Waals surface area contributed by atoms with Crippen molar-refractivity contribution in [1.82, 2.24) is 9.46 Å². The molecule has 154 valence electrons. The lowest BCUT2D eigenvalue weighted by Gasteiger charge is -2.22. The van der Waals surface area contributed by atoms with Crippen LogP contribution in [-0.2, 0) is 14.8 Å². The van der Waals surface area contributed by atoms with Crippen molar-refractivity contribution in [3.63, 3.8) is 0 Å². The number of amides is 1. The second-order valence-corrected chi connectivity index (χ2v) is 9.09. The summed E-state index contributed by atoms with van der Waals surface area (Å²) in [5.41, 5.74) is 0. The third-order valence-corrected chi connectivity index (χ3v) is 6.55. The molecule has 1 heterocycles. The Morgan fingerprint density at radius 2 is 1.96 bits per heavy atom. The Morgan fingerprint density at radius 3 is 2.61 bits per heavy atom. The normalized spacial score (nSPS) is 11.8. The molecule has 0 aliphatic rings. The molecule has 2 aromatic rings. The molecule has 0 unspecified atom stereocenters. The average molecular weight is 448 g/mol. The summed E-state index contributed by atoms with van der Waals surface area (Å²) in [7, 11) is -4.01. The number of aromatic nitrogens is 1. The molecule has 0 saturated heterocycles. The van der Waals surface area contributed by atoms with Gasteiger partial charge in [-0.3, -0.25) is 4.79 Å². The van der Waals surface area contributed by atoms with Gasteiger partial charge < -0.3 is 9.84 Å². The standard InChI is InChI=1S/C18H23Cl2N3O4S/c1-3-4-5-6-9-23(12-18(24)21-17-10-13(2)27-22-17)28(25,26)16-11-14(19)7-8-15(16)20/h7-8,10-11H,3-6,9,12H2,1-2H3,(H,21,22,24). The highest BCUT2D eigenvalue weighted by Gasteiger charge is 2.29. The van der Waals surface area contributed by atoms with E-state index in [1.807, 2.05) is 0 Å².